The molecule has 2 aromatic rings. The molecule has 1 aliphatic rings. The Morgan fingerprint density at radius 3 is 2.92 bits per heavy atom. The monoisotopic (exact) mass is 433 g/mol. The number of aromatic nitrogens is 3. The molecule has 9 heteroatoms. The van der Waals surface area contributed by atoms with Gasteiger partial charge in [0.2, 0.25) is 0 Å². The second kappa shape index (κ2) is 8.06. The molecule has 142 valence electrons. The zero-order chi connectivity index (χ0) is 18.7. The fraction of sp³-hybridized carbons (Fsp3) is 0.529. The molecular weight excluding hydrogens is 415 g/mol. The quantitative estimate of drug-likeness (QED) is 0.702. The van der Waals surface area contributed by atoms with Crippen LogP contribution in [0.1, 0.15) is 36.0 Å². The van der Waals surface area contributed by atoms with Crippen molar-refractivity contribution in [3.63, 3.8) is 0 Å². The van der Waals surface area contributed by atoms with Gasteiger partial charge in [-0.25, -0.2) is 9.67 Å². The standard InChI is InChI=1S/C17H19BrF3N3O2/c1-25-10-24-13(9-16(18)23-24)14-8-11(5-6-26-14)7-12-3-2-4-15(22-12)17(19,20)21/h2-4,9,11,14H,5-8,10H2,1H3. The lowest BCUT2D eigenvalue weighted by atomic mass is 9.90. The zero-order valence-corrected chi connectivity index (χ0v) is 15.8. The van der Waals surface area contributed by atoms with Gasteiger partial charge < -0.3 is 9.47 Å². The summed E-state index contributed by atoms with van der Waals surface area (Å²) in [6, 6.07) is 5.93. The van der Waals surface area contributed by atoms with Gasteiger partial charge in [0.1, 0.15) is 17.0 Å². The lowest BCUT2D eigenvalue weighted by Gasteiger charge is -2.29. The molecule has 0 bridgehead atoms. The van der Waals surface area contributed by atoms with Gasteiger partial charge in [0.25, 0.3) is 0 Å². The largest absolute Gasteiger partial charge is 0.433 e. The Labute approximate surface area is 157 Å². The lowest BCUT2D eigenvalue weighted by molar-refractivity contribution is -0.141. The maximum atomic E-state index is 12.8. The predicted octanol–water partition coefficient (Wildman–Crippen LogP) is 4.37. The van der Waals surface area contributed by atoms with Gasteiger partial charge in [-0.3, -0.25) is 0 Å². The molecule has 0 amide bonds. The Bertz CT molecular complexity index is 751. The first-order chi connectivity index (χ1) is 12.4. The second-order valence-corrected chi connectivity index (χ2v) is 7.09. The van der Waals surface area contributed by atoms with Crippen LogP contribution >= 0.6 is 15.9 Å². The summed E-state index contributed by atoms with van der Waals surface area (Å²) >= 11 is 3.36. The van der Waals surface area contributed by atoms with Crippen LogP contribution in [-0.2, 0) is 28.8 Å². The molecule has 3 heterocycles. The number of rotatable bonds is 5. The molecule has 0 spiro atoms. The molecule has 2 unspecified atom stereocenters. The summed E-state index contributed by atoms with van der Waals surface area (Å²) < 4.78 is 52.0. The third-order valence-electron chi connectivity index (χ3n) is 4.35. The van der Waals surface area contributed by atoms with Crippen LogP contribution in [0.5, 0.6) is 0 Å². The first-order valence-electron chi connectivity index (χ1n) is 8.23. The molecule has 0 saturated carbocycles. The van der Waals surface area contributed by atoms with Gasteiger partial charge in [-0.2, -0.15) is 18.3 Å². The first kappa shape index (κ1) is 19.3. The summed E-state index contributed by atoms with van der Waals surface area (Å²) in [6.07, 6.45) is -2.63. The predicted molar refractivity (Wildman–Crippen MR) is 91.3 cm³/mol. The molecule has 0 aromatic carbocycles. The normalized spacial score (nSPS) is 21.1. The molecule has 2 aromatic heterocycles. The Hall–Kier alpha value is -1.45. The number of nitrogens with zero attached hydrogens (tertiary/aromatic N) is 3. The molecule has 3 rings (SSSR count). The lowest BCUT2D eigenvalue weighted by Crippen LogP contribution is -2.24. The molecule has 0 radical (unpaired) electrons. The molecule has 1 fully saturated rings. The van der Waals surface area contributed by atoms with Gasteiger partial charge in [-0.05, 0) is 59.3 Å². The molecule has 1 aliphatic heterocycles. The van der Waals surface area contributed by atoms with E-state index in [4.69, 9.17) is 9.47 Å². The van der Waals surface area contributed by atoms with Crippen LogP contribution in [0.3, 0.4) is 0 Å². The first-order valence-corrected chi connectivity index (χ1v) is 9.03. The minimum atomic E-state index is -4.42. The summed E-state index contributed by atoms with van der Waals surface area (Å²) in [7, 11) is 1.59. The molecule has 2 atom stereocenters. The van der Waals surface area contributed by atoms with E-state index in [9.17, 15) is 13.2 Å². The van der Waals surface area contributed by atoms with E-state index >= 15 is 0 Å². The summed E-state index contributed by atoms with van der Waals surface area (Å²) in [4.78, 5) is 3.78. The second-order valence-electron chi connectivity index (χ2n) is 6.28. The number of halogens is 4. The highest BCUT2D eigenvalue weighted by atomic mass is 79.9. The van der Waals surface area contributed by atoms with E-state index in [1.165, 1.54) is 6.07 Å². The molecular formula is C17H19BrF3N3O2. The fourth-order valence-corrected chi connectivity index (χ4v) is 3.61. The van der Waals surface area contributed by atoms with E-state index in [0.29, 0.717) is 36.5 Å². The third-order valence-corrected chi connectivity index (χ3v) is 4.74. The minimum absolute atomic E-state index is 0.173. The van der Waals surface area contributed by atoms with Crippen molar-refractivity contribution in [3.05, 3.63) is 46.0 Å². The van der Waals surface area contributed by atoms with Gasteiger partial charge in [0.05, 0.1) is 11.8 Å². The van der Waals surface area contributed by atoms with Crippen molar-refractivity contribution in [1.29, 1.82) is 0 Å². The van der Waals surface area contributed by atoms with E-state index in [1.807, 2.05) is 6.07 Å². The summed E-state index contributed by atoms with van der Waals surface area (Å²) in [5.74, 6) is 0.189. The van der Waals surface area contributed by atoms with Crippen LogP contribution in [-0.4, -0.2) is 28.5 Å². The SMILES string of the molecule is COCn1nc(Br)cc1C1CC(Cc2cccc(C(F)(F)F)n2)CCO1. The molecule has 1 saturated heterocycles. The summed E-state index contributed by atoms with van der Waals surface area (Å²) in [5.41, 5.74) is 0.498. The number of hydrogen-bond donors (Lipinski definition) is 0. The molecule has 0 N–H and O–H groups in total. The Morgan fingerprint density at radius 1 is 1.38 bits per heavy atom. The van der Waals surface area contributed by atoms with Crippen molar-refractivity contribution in [1.82, 2.24) is 14.8 Å². The molecule has 0 aliphatic carbocycles. The van der Waals surface area contributed by atoms with Gasteiger partial charge in [0, 0.05) is 19.4 Å². The topological polar surface area (TPSA) is 49.2 Å². The van der Waals surface area contributed by atoms with E-state index in [2.05, 4.69) is 26.0 Å². The highest BCUT2D eigenvalue weighted by Gasteiger charge is 2.33. The van der Waals surface area contributed by atoms with Crippen molar-refractivity contribution >= 4 is 15.9 Å². The average molecular weight is 434 g/mol. The van der Waals surface area contributed by atoms with E-state index in [1.54, 1.807) is 17.9 Å². The highest BCUT2D eigenvalue weighted by Crippen LogP contribution is 2.35. The van der Waals surface area contributed by atoms with Crippen LogP contribution < -0.4 is 0 Å². The maximum Gasteiger partial charge on any atom is 0.433 e. The zero-order valence-electron chi connectivity index (χ0n) is 14.2. The van der Waals surface area contributed by atoms with Crippen LogP contribution in [0.4, 0.5) is 13.2 Å². The molecule has 26 heavy (non-hydrogen) atoms. The summed E-state index contributed by atoms with van der Waals surface area (Å²) in [6.45, 7) is 0.852. The number of ether oxygens (including phenoxy) is 2. The van der Waals surface area contributed by atoms with Crippen LogP contribution in [0.25, 0.3) is 0 Å². The van der Waals surface area contributed by atoms with E-state index < -0.39 is 11.9 Å². The Balaban J connectivity index is 1.71. The van der Waals surface area contributed by atoms with Gasteiger partial charge >= 0.3 is 6.18 Å². The number of methoxy groups -OCH3 is 1. The van der Waals surface area contributed by atoms with E-state index in [0.717, 1.165) is 18.2 Å². The van der Waals surface area contributed by atoms with Crippen molar-refractivity contribution in [2.75, 3.05) is 13.7 Å². The van der Waals surface area contributed by atoms with Crippen LogP contribution in [0.15, 0.2) is 28.9 Å². The Kier molecular flexibility index (Phi) is 5.99. The van der Waals surface area contributed by atoms with Crippen molar-refractivity contribution in [2.24, 2.45) is 5.92 Å². The van der Waals surface area contributed by atoms with Gasteiger partial charge in [-0.15, -0.1) is 0 Å². The number of alkyl halides is 3. The van der Waals surface area contributed by atoms with Gasteiger partial charge in [-0.1, -0.05) is 6.07 Å². The van der Waals surface area contributed by atoms with Crippen LogP contribution in [0, 0.1) is 5.92 Å². The molecule has 5 nitrogen and oxygen atoms in total. The third kappa shape index (κ3) is 4.63. The van der Waals surface area contributed by atoms with Crippen molar-refractivity contribution in [3.8, 4) is 0 Å². The highest BCUT2D eigenvalue weighted by molar-refractivity contribution is 9.10. The minimum Gasteiger partial charge on any atom is -0.372 e. The maximum absolute atomic E-state index is 12.8. The average Bonchev–Trinajstić information content (AvgIpc) is 2.95. The van der Waals surface area contributed by atoms with Crippen molar-refractivity contribution < 1.29 is 22.6 Å². The van der Waals surface area contributed by atoms with E-state index in [-0.39, 0.29) is 12.0 Å². The number of pyridine rings is 1. The van der Waals surface area contributed by atoms with Crippen molar-refractivity contribution in [2.45, 2.75) is 38.3 Å². The van der Waals surface area contributed by atoms with Gasteiger partial charge in [0.15, 0.2) is 0 Å². The van der Waals surface area contributed by atoms with Crippen LogP contribution in [0.2, 0.25) is 0 Å². The Morgan fingerprint density at radius 2 is 2.19 bits per heavy atom. The number of hydrogen-bond acceptors (Lipinski definition) is 4. The smallest absolute Gasteiger partial charge is 0.372 e. The fourth-order valence-electron chi connectivity index (χ4n) is 3.19. The summed E-state index contributed by atoms with van der Waals surface area (Å²) in [5, 5.41) is 4.31.